The van der Waals surface area contributed by atoms with Gasteiger partial charge in [-0.25, -0.2) is 17.6 Å². The summed E-state index contributed by atoms with van der Waals surface area (Å²) in [5.74, 6) is -4.04. The highest BCUT2D eigenvalue weighted by Crippen LogP contribution is 2.35. The van der Waals surface area contributed by atoms with E-state index in [1.165, 1.54) is 14.0 Å². The zero-order chi connectivity index (χ0) is 15.0. The first-order valence-corrected chi connectivity index (χ1v) is 5.64. The van der Waals surface area contributed by atoms with Gasteiger partial charge in [0.25, 0.3) is 0 Å². The maximum Gasteiger partial charge on any atom is 0.132 e. The van der Waals surface area contributed by atoms with Gasteiger partial charge < -0.3 is 4.74 Å². The van der Waals surface area contributed by atoms with Crippen LogP contribution in [-0.4, -0.2) is 15.0 Å². The molecule has 0 fully saturated rings. The molecule has 102 valence electrons. The normalized spacial score (nSPS) is 10.7. The highest BCUT2D eigenvalue weighted by atomic mass is 19.1. The summed E-state index contributed by atoms with van der Waals surface area (Å²) >= 11 is 0. The van der Waals surface area contributed by atoms with E-state index in [0.29, 0.717) is 6.07 Å². The summed E-state index contributed by atoms with van der Waals surface area (Å²) in [6.07, 6.45) is 0. The Balaban J connectivity index is 2.85. The average molecular weight is 280 g/mol. The lowest BCUT2D eigenvalue weighted by Crippen LogP contribution is -2.16. The van der Waals surface area contributed by atoms with Gasteiger partial charge in [-0.3, -0.25) is 0 Å². The van der Waals surface area contributed by atoms with Crippen LogP contribution in [0.25, 0.3) is 11.1 Å². The van der Waals surface area contributed by atoms with Gasteiger partial charge >= 0.3 is 0 Å². The molecule has 1 nitrogen and oxygen atoms in total. The number of benzene rings is 2. The summed E-state index contributed by atoms with van der Waals surface area (Å²) in [6.45, 7) is 1.35. The quantitative estimate of drug-likeness (QED) is 0.607. The van der Waals surface area contributed by atoms with Crippen LogP contribution in [0, 0.1) is 30.2 Å². The van der Waals surface area contributed by atoms with E-state index in [0.717, 1.165) is 12.1 Å². The van der Waals surface area contributed by atoms with Crippen molar-refractivity contribution in [2.24, 2.45) is 0 Å². The summed E-state index contributed by atoms with van der Waals surface area (Å²) in [4.78, 5) is 0. The molecule has 0 heterocycles. The van der Waals surface area contributed by atoms with Gasteiger partial charge in [-0.2, -0.15) is 0 Å². The lowest BCUT2D eigenvalue weighted by atomic mass is 9.88. The van der Waals surface area contributed by atoms with Crippen LogP contribution in [0.15, 0.2) is 18.2 Å². The predicted octanol–water partition coefficient (Wildman–Crippen LogP) is 3.02. The molecule has 0 aliphatic carbocycles. The van der Waals surface area contributed by atoms with Gasteiger partial charge in [0.1, 0.15) is 36.9 Å². The van der Waals surface area contributed by atoms with E-state index in [2.05, 4.69) is 0 Å². The Kier molecular flexibility index (Phi) is 3.75. The van der Waals surface area contributed by atoms with Crippen LogP contribution in [0.1, 0.15) is 5.56 Å². The lowest BCUT2D eigenvalue weighted by molar-refractivity contribution is 0.410. The molecule has 0 saturated carbocycles. The second-order valence-electron chi connectivity index (χ2n) is 4.22. The van der Waals surface area contributed by atoms with Gasteiger partial charge in [0, 0.05) is 12.1 Å². The molecule has 0 N–H and O–H groups in total. The van der Waals surface area contributed by atoms with Crippen LogP contribution in [0.4, 0.5) is 17.6 Å². The van der Waals surface area contributed by atoms with Gasteiger partial charge in [-0.1, -0.05) is 0 Å². The molecule has 0 atom stereocenters. The van der Waals surface area contributed by atoms with E-state index < -0.39 is 28.7 Å². The molecule has 0 aliphatic rings. The molecule has 2 radical (unpaired) electrons. The first-order valence-electron chi connectivity index (χ1n) is 5.64. The molecule has 0 aliphatic heterocycles. The van der Waals surface area contributed by atoms with Crippen LogP contribution in [0.3, 0.4) is 0 Å². The molecular weight excluding hydrogens is 271 g/mol. The van der Waals surface area contributed by atoms with Crippen LogP contribution in [0.2, 0.25) is 0 Å². The van der Waals surface area contributed by atoms with Crippen molar-refractivity contribution in [1.29, 1.82) is 0 Å². The number of hydrogen-bond acceptors (Lipinski definition) is 1. The van der Waals surface area contributed by atoms with Crippen molar-refractivity contribution in [3.05, 3.63) is 47.0 Å². The first kappa shape index (κ1) is 14.4. The lowest BCUT2D eigenvalue weighted by Gasteiger charge is -2.15. The Morgan fingerprint density at radius 1 is 1.00 bits per heavy atom. The molecule has 2 rings (SSSR count). The maximum atomic E-state index is 14.1. The summed E-state index contributed by atoms with van der Waals surface area (Å²) in [5, 5.41) is 0. The second-order valence-corrected chi connectivity index (χ2v) is 4.22. The molecule has 0 spiro atoms. The molecule has 0 saturated heterocycles. The topological polar surface area (TPSA) is 9.23 Å². The molecule has 0 aromatic heterocycles. The highest BCUT2D eigenvalue weighted by molar-refractivity contribution is 6.33. The number of halogens is 4. The molecule has 0 unspecified atom stereocenters. The maximum absolute atomic E-state index is 14.1. The third-order valence-corrected chi connectivity index (χ3v) is 3.02. The third-order valence-electron chi connectivity index (χ3n) is 3.02. The first-order chi connectivity index (χ1) is 9.36. The summed E-state index contributed by atoms with van der Waals surface area (Å²) in [6, 6.07) is 2.49. The Bertz CT molecular complexity index is 686. The van der Waals surface area contributed by atoms with Gasteiger partial charge in [0.05, 0.1) is 12.7 Å². The van der Waals surface area contributed by atoms with Gasteiger partial charge in [-0.05, 0) is 29.6 Å². The number of rotatable bonds is 2. The molecule has 2 aromatic carbocycles. The summed E-state index contributed by atoms with van der Waals surface area (Å²) in [7, 11) is 6.47. The van der Waals surface area contributed by atoms with Crippen molar-refractivity contribution in [2.75, 3.05) is 7.11 Å². The van der Waals surface area contributed by atoms with Crippen molar-refractivity contribution in [2.45, 2.75) is 6.92 Å². The van der Waals surface area contributed by atoms with Crippen molar-refractivity contribution in [1.82, 2.24) is 0 Å². The van der Waals surface area contributed by atoms with Crippen molar-refractivity contribution in [3.63, 3.8) is 0 Å². The zero-order valence-corrected chi connectivity index (χ0v) is 10.7. The molecule has 0 bridgehead atoms. The Labute approximate surface area is 114 Å². The highest BCUT2D eigenvalue weighted by Gasteiger charge is 2.21. The minimum absolute atomic E-state index is 0.00890. The van der Waals surface area contributed by atoms with Crippen molar-refractivity contribution in [3.8, 4) is 16.9 Å². The number of methoxy groups -OCH3 is 1. The van der Waals surface area contributed by atoms with Crippen LogP contribution < -0.4 is 10.2 Å². The molecule has 2 aromatic rings. The van der Waals surface area contributed by atoms with Crippen molar-refractivity contribution < 1.29 is 22.3 Å². The monoisotopic (exact) mass is 280 g/mol. The van der Waals surface area contributed by atoms with E-state index in [9.17, 15) is 17.6 Å². The molecule has 20 heavy (non-hydrogen) atoms. The predicted molar refractivity (Wildman–Crippen MR) is 68.4 cm³/mol. The van der Waals surface area contributed by atoms with E-state index in [1.54, 1.807) is 0 Å². The number of ether oxygens (including phenoxy) is 1. The van der Waals surface area contributed by atoms with Crippen molar-refractivity contribution >= 4 is 13.3 Å². The fraction of sp³-hybridized carbons (Fsp3) is 0.143. The minimum Gasteiger partial charge on any atom is -0.496 e. The Morgan fingerprint density at radius 2 is 1.65 bits per heavy atom. The average Bonchev–Trinajstić information content (AvgIpc) is 2.40. The fourth-order valence-electron chi connectivity index (χ4n) is 1.93. The van der Waals surface area contributed by atoms with Crippen LogP contribution in [0.5, 0.6) is 5.75 Å². The minimum atomic E-state index is -1.12. The summed E-state index contributed by atoms with van der Waals surface area (Å²) in [5.41, 5.74) is -1.08. The Hall–Kier alpha value is -1.98. The molecule has 6 heteroatoms. The largest absolute Gasteiger partial charge is 0.496 e. The third kappa shape index (κ3) is 2.26. The Morgan fingerprint density at radius 3 is 2.25 bits per heavy atom. The van der Waals surface area contributed by atoms with E-state index >= 15 is 0 Å². The zero-order valence-electron chi connectivity index (χ0n) is 10.7. The van der Waals surface area contributed by atoms with Gasteiger partial charge in [-0.15, -0.1) is 0 Å². The van der Waals surface area contributed by atoms with Gasteiger partial charge in [0.15, 0.2) is 0 Å². The smallest absolute Gasteiger partial charge is 0.132 e. The van der Waals surface area contributed by atoms with E-state index in [4.69, 9.17) is 12.6 Å². The number of hydrogen-bond donors (Lipinski definition) is 0. The van der Waals surface area contributed by atoms with Crippen LogP contribution in [-0.2, 0) is 0 Å². The summed E-state index contributed by atoms with van der Waals surface area (Å²) < 4.78 is 59.3. The van der Waals surface area contributed by atoms with Gasteiger partial charge in [0.2, 0.25) is 0 Å². The second kappa shape index (κ2) is 5.19. The SMILES string of the molecule is [B]c1c(F)cc(OC)c(-c2cc(F)cc(F)c2C)c1F. The molecular formula is C14H9BF4O. The van der Waals surface area contributed by atoms with Crippen LogP contribution >= 0.6 is 0 Å². The standard InChI is InChI=1S/C14H9BF4O/c1-6-8(3-7(16)4-9(6)17)12-11(20-2)5-10(18)13(15)14(12)19/h3-5H,1-2H3. The van der Waals surface area contributed by atoms with E-state index in [-0.39, 0.29) is 22.4 Å². The van der Waals surface area contributed by atoms with E-state index in [1.807, 2.05) is 0 Å². The molecule has 0 amide bonds. The fourth-order valence-corrected chi connectivity index (χ4v) is 1.93.